The van der Waals surface area contributed by atoms with E-state index in [2.05, 4.69) is 34.3 Å². The lowest BCUT2D eigenvalue weighted by Gasteiger charge is -2.36. The highest BCUT2D eigenvalue weighted by Crippen LogP contribution is 2.23. The summed E-state index contributed by atoms with van der Waals surface area (Å²) < 4.78 is 5.40. The Morgan fingerprint density at radius 3 is 2.57 bits per heavy atom. The maximum Gasteiger partial charge on any atom is 0.238 e. The van der Waals surface area contributed by atoms with Gasteiger partial charge in [0.2, 0.25) is 11.8 Å². The molecule has 2 aliphatic rings. The quantitative estimate of drug-likeness (QED) is 0.637. The number of anilines is 2. The van der Waals surface area contributed by atoms with Crippen LogP contribution < -0.4 is 15.5 Å². The molecule has 7 nitrogen and oxygen atoms in total. The Bertz CT molecular complexity index is 688. The summed E-state index contributed by atoms with van der Waals surface area (Å²) >= 11 is 0. The van der Waals surface area contributed by atoms with Gasteiger partial charge in [-0.2, -0.15) is 0 Å². The minimum atomic E-state index is -0.0342. The zero-order valence-electron chi connectivity index (χ0n) is 18.4. The Kier molecular flexibility index (Phi) is 8.51. The number of morpholine rings is 1. The van der Waals surface area contributed by atoms with Crippen molar-refractivity contribution in [3.05, 3.63) is 24.3 Å². The molecule has 0 aliphatic carbocycles. The second-order valence-electron chi connectivity index (χ2n) is 8.39. The number of amides is 2. The van der Waals surface area contributed by atoms with Gasteiger partial charge in [0.1, 0.15) is 0 Å². The van der Waals surface area contributed by atoms with Gasteiger partial charge in [-0.15, -0.1) is 0 Å². The van der Waals surface area contributed by atoms with Crippen molar-refractivity contribution in [2.24, 2.45) is 5.92 Å². The summed E-state index contributed by atoms with van der Waals surface area (Å²) in [6.45, 7) is 9.24. The van der Waals surface area contributed by atoms with E-state index in [-0.39, 0.29) is 17.7 Å². The van der Waals surface area contributed by atoms with Crippen molar-refractivity contribution in [1.82, 2.24) is 10.2 Å². The number of rotatable bonds is 8. The van der Waals surface area contributed by atoms with Crippen molar-refractivity contribution in [2.45, 2.75) is 45.6 Å². The number of nitrogens with one attached hydrogen (secondary N) is 2. The van der Waals surface area contributed by atoms with Gasteiger partial charge in [-0.3, -0.25) is 14.5 Å². The number of likely N-dealkylation sites (tertiary alicyclic amines) is 1. The van der Waals surface area contributed by atoms with E-state index in [1.165, 1.54) is 0 Å². The van der Waals surface area contributed by atoms with E-state index in [9.17, 15) is 9.59 Å². The van der Waals surface area contributed by atoms with Crippen LogP contribution in [0, 0.1) is 5.92 Å². The van der Waals surface area contributed by atoms with E-state index >= 15 is 0 Å². The number of nitrogens with zero attached hydrogens (tertiary/aromatic N) is 2. The van der Waals surface area contributed by atoms with Crippen molar-refractivity contribution < 1.29 is 14.3 Å². The molecule has 2 atom stereocenters. The van der Waals surface area contributed by atoms with Crippen molar-refractivity contribution in [3.63, 3.8) is 0 Å². The average Bonchev–Trinajstić information content (AvgIpc) is 2.76. The fourth-order valence-electron chi connectivity index (χ4n) is 4.11. The predicted molar refractivity (Wildman–Crippen MR) is 120 cm³/mol. The lowest BCUT2D eigenvalue weighted by molar-refractivity contribution is -0.128. The van der Waals surface area contributed by atoms with Crippen molar-refractivity contribution in [3.8, 4) is 0 Å². The summed E-state index contributed by atoms with van der Waals surface area (Å²) in [6, 6.07) is 8.29. The minimum Gasteiger partial charge on any atom is -0.378 e. The fraction of sp³-hybridized carbons (Fsp3) is 0.652. The molecule has 2 N–H and O–H groups in total. The number of benzene rings is 1. The average molecular weight is 417 g/mol. The van der Waals surface area contributed by atoms with Crippen LogP contribution in [0.2, 0.25) is 0 Å². The molecule has 1 aromatic rings. The SMILES string of the molecule is CCCCNC(=O)C1CCC(C)N(CC(=O)Nc2ccc(N3CCOCC3)cc2)C1. The molecule has 30 heavy (non-hydrogen) atoms. The lowest BCUT2D eigenvalue weighted by Crippen LogP contribution is -2.49. The zero-order valence-corrected chi connectivity index (χ0v) is 18.4. The second kappa shape index (κ2) is 11.3. The number of unbranched alkanes of at least 4 members (excludes halogenated alkanes) is 1. The van der Waals surface area contributed by atoms with Gasteiger partial charge in [-0.05, 0) is 50.5 Å². The normalized spacial score (nSPS) is 22.5. The van der Waals surface area contributed by atoms with Crippen molar-refractivity contribution in [1.29, 1.82) is 0 Å². The van der Waals surface area contributed by atoms with Crippen LogP contribution in [0.4, 0.5) is 11.4 Å². The molecule has 2 heterocycles. The van der Waals surface area contributed by atoms with E-state index in [4.69, 9.17) is 4.74 Å². The number of carbonyl (C=O) groups is 2. The number of piperidine rings is 1. The van der Waals surface area contributed by atoms with Gasteiger partial charge in [-0.25, -0.2) is 0 Å². The largest absolute Gasteiger partial charge is 0.378 e. The molecule has 0 radical (unpaired) electrons. The highest BCUT2D eigenvalue weighted by molar-refractivity contribution is 5.92. The van der Waals surface area contributed by atoms with Crippen molar-refractivity contribution in [2.75, 3.05) is 56.2 Å². The molecule has 3 rings (SSSR count). The Morgan fingerprint density at radius 1 is 1.13 bits per heavy atom. The molecule has 2 unspecified atom stereocenters. The Labute approximate surface area is 180 Å². The number of hydrogen-bond acceptors (Lipinski definition) is 5. The first kappa shape index (κ1) is 22.6. The molecule has 2 fully saturated rings. The summed E-state index contributed by atoms with van der Waals surface area (Å²) in [4.78, 5) is 29.5. The van der Waals surface area contributed by atoms with Crippen LogP contribution in [-0.4, -0.2) is 68.7 Å². The summed E-state index contributed by atoms with van der Waals surface area (Å²) in [5, 5.41) is 6.04. The molecule has 0 bridgehead atoms. The van der Waals surface area contributed by atoms with Crippen LogP contribution in [0.25, 0.3) is 0 Å². The molecule has 0 saturated carbocycles. The molecule has 0 aromatic heterocycles. The molecular weight excluding hydrogens is 380 g/mol. The molecule has 1 aromatic carbocycles. The summed E-state index contributed by atoms with van der Waals surface area (Å²) in [6.07, 6.45) is 3.90. The van der Waals surface area contributed by atoms with E-state index in [0.717, 1.165) is 69.9 Å². The molecule has 2 saturated heterocycles. The number of hydrogen-bond donors (Lipinski definition) is 2. The van der Waals surface area contributed by atoms with E-state index in [1.807, 2.05) is 24.3 Å². The summed E-state index contributed by atoms with van der Waals surface area (Å²) in [5.74, 6) is 0.0612. The van der Waals surface area contributed by atoms with Crippen LogP contribution in [0.5, 0.6) is 0 Å². The van der Waals surface area contributed by atoms with Gasteiger partial charge in [-0.1, -0.05) is 13.3 Å². The van der Waals surface area contributed by atoms with Crippen molar-refractivity contribution >= 4 is 23.2 Å². The van der Waals surface area contributed by atoms with Gasteiger partial charge in [0.25, 0.3) is 0 Å². The van der Waals surface area contributed by atoms with Crippen LogP contribution in [0.15, 0.2) is 24.3 Å². The smallest absolute Gasteiger partial charge is 0.238 e. The van der Waals surface area contributed by atoms with E-state index < -0.39 is 0 Å². The zero-order chi connectivity index (χ0) is 21.3. The third-order valence-electron chi connectivity index (χ3n) is 6.09. The summed E-state index contributed by atoms with van der Waals surface area (Å²) in [7, 11) is 0. The first-order chi connectivity index (χ1) is 14.6. The highest BCUT2D eigenvalue weighted by Gasteiger charge is 2.30. The minimum absolute atomic E-state index is 0.0290. The maximum absolute atomic E-state index is 12.6. The first-order valence-corrected chi connectivity index (χ1v) is 11.3. The van der Waals surface area contributed by atoms with Gasteiger partial charge in [0.15, 0.2) is 0 Å². The molecule has 2 aliphatic heterocycles. The molecular formula is C23H36N4O3. The first-order valence-electron chi connectivity index (χ1n) is 11.3. The highest BCUT2D eigenvalue weighted by atomic mass is 16.5. The Morgan fingerprint density at radius 2 is 1.87 bits per heavy atom. The Hall–Kier alpha value is -2.12. The van der Waals surface area contributed by atoms with Gasteiger partial charge in [0, 0.05) is 43.6 Å². The third kappa shape index (κ3) is 6.44. The van der Waals surface area contributed by atoms with Gasteiger partial charge < -0.3 is 20.3 Å². The van der Waals surface area contributed by atoms with Crippen LogP contribution >= 0.6 is 0 Å². The lowest BCUT2D eigenvalue weighted by atomic mass is 9.92. The molecule has 2 amide bonds. The maximum atomic E-state index is 12.6. The third-order valence-corrected chi connectivity index (χ3v) is 6.09. The van der Waals surface area contributed by atoms with Gasteiger partial charge in [0.05, 0.1) is 25.7 Å². The fourth-order valence-corrected chi connectivity index (χ4v) is 4.11. The van der Waals surface area contributed by atoms with Gasteiger partial charge >= 0.3 is 0 Å². The number of carbonyl (C=O) groups excluding carboxylic acids is 2. The van der Waals surface area contributed by atoms with E-state index in [0.29, 0.717) is 19.1 Å². The molecule has 7 heteroatoms. The van der Waals surface area contributed by atoms with Crippen LogP contribution in [-0.2, 0) is 14.3 Å². The topological polar surface area (TPSA) is 73.9 Å². The molecule has 0 spiro atoms. The number of ether oxygens (including phenoxy) is 1. The van der Waals surface area contributed by atoms with Crippen LogP contribution in [0.1, 0.15) is 39.5 Å². The van der Waals surface area contributed by atoms with E-state index in [1.54, 1.807) is 0 Å². The Balaban J connectivity index is 1.48. The predicted octanol–water partition coefficient (Wildman–Crippen LogP) is 2.48. The summed E-state index contributed by atoms with van der Waals surface area (Å²) in [5.41, 5.74) is 1.95. The standard InChI is InChI=1S/C23H36N4O3/c1-3-4-11-24-23(29)19-6-5-18(2)27(16-19)17-22(28)25-20-7-9-21(10-8-20)26-12-14-30-15-13-26/h7-10,18-19H,3-6,11-17H2,1-2H3,(H,24,29)(H,25,28). The van der Waals surface area contributed by atoms with Crippen LogP contribution in [0.3, 0.4) is 0 Å². The monoisotopic (exact) mass is 416 g/mol. The second-order valence-corrected chi connectivity index (χ2v) is 8.39. The molecule has 166 valence electrons.